The minimum atomic E-state index is 0.183. The van der Waals surface area contributed by atoms with E-state index >= 15 is 0 Å². The van der Waals surface area contributed by atoms with Crippen LogP contribution in [0.25, 0.3) is 0 Å². The molecular weight excluding hydrogens is 196 g/mol. The summed E-state index contributed by atoms with van der Waals surface area (Å²) in [7, 11) is 0. The van der Waals surface area contributed by atoms with Crippen molar-refractivity contribution in [2.24, 2.45) is 17.6 Å². The van der Waals surface area contributed by atoms with Gasteiger partial charge in [-0.15, -0.1) is 0 Å². The fourth-order valence-corrected chi connectivity index (χ4v) is 2.87. The normalized spacial score (nSPS) is 27.6. The highest BCUT2D eigenvalue weighted by atomic mass is 14.7. The molecule has 1 aliphatic rings. The Morgan fingerprint density at radius 2 is 2.38 bits per heavy atom. The Morgan fingerprint density at radius 3 is 3.06 bits per heavy atom. The van der Waals surface area contributed by atoms with Crippen LogP contribution < -0.4 is 5.73 Å². The first kappa shape index (κ1) is 11.6. The Labute approximate surface area is 98.3 Å². The molecule has 1 aromatic heterocycles. The highest BCUT2D eigenvalue weighted by Gasteiger charge is 2.26. The molecule has 1 heterocycles. The van der Waals surface area contributed by atoms with Crippen molar-refractivity contribution < 1.29 is 0 Å². The Bertz CT molecular complexity index is 310. The van der Waals surface area contributed by atoms with Crippen LogP contribution >= 0.6 is 0 Å². The number of rotatable bonds is 3. The third kappa shape index (κ3) is 2.62. The molecule has 2 N–H and O–H groups in total. The molecule has 0 amide bonds. The van der Waals surface area contributed by atoms with E-state index in [-0.39, 0.29) is 6.04 Å². The first-order valence-corrected chi connectivity index (χ1v) is 6.46. The fraction of sp³-hybridized carbons (Fsp3) is 0.643. The third-order valence-corrected chi connectivity index (χ3v) is 3.98. The van der Waals surface area contributed by atoms with Gasteiger partial charge in [-0.05, 0) is 36.3 Å². The van der Waals surface area contributed by atoms with E-state index in [1.807, 2.05) is 18.5 Å². The van der Waals surface area contributed by atoms with E-state index in [0.29, 0.717) is 5.92 Å². The largest absolute Gasteiger partial charge is 0.324 e. The van der Waals surface area contributed by atoms with E-state index < -0.39 is 0 Å². The lowest BCUT2D eigenvalue weighted by Crippen LogP contribution is -2.26. The summed E-state index contributed by atoms with van der Waals surface area (Å²) in [6, 6.07) is 4.27. The third-order valence-electron chi connectivity index (χ3n) is 3.98. The summed E-state index contributed by atoms with van der Waals surface area (Å²) in [4.78, 5) is 4.16. The van der Waals surface area contributed by atoms with Gasteiger partial charge in [0.05, 0.1) is 0 Å². The van der Waals surface area contributed by atoms with Gasteiger partial charge in [-0.2, -0.15) is 0 Å². The van der Waals surface area contributed by atoms with E-state index in [9.17, 15) is 0 Å². The lowest BCUT2D eigenvalue weighted by Gasteiger charge is -2.32. The minimum absolute atomic E-state index is 0.183. The lowest BCUT2D eigenvalue weighted by molar-refractivity contribution is 0.230. The van der Waals surface area contributed by atoms with Crippen molar-refractivity contribution in [3.8, 4) is 0 Å². The van der Waals surface area contributed by atoms with Gasteiger partial charge in [0, 0.05) is 18.4 Å². The molecule has 0 spiro atoms. The van der Waals surface area contributed by atoms with Crippen LogP contribution in [0, 0.1) is 11.8 Å². The van der Waals surface area contributed by atoms with E-state index in [4.69, 9.17) is 5.73 Å². The van der Waals surface area contributed by atoms with Crippen LogP contribution in [-0.4, -0.2) is 4.98 Å². The van der Waals surface area contributed by atoms with Gasteiger partial charge >= 0.3 is 0 Å². The SMILES string of the molecule is CCC1CCCC(C(N)c2cccnc2)C1. The Hall–Kier alpha value is -0.890. The van der Waals surface area contributed by atoms with Crippen molar-refractivity contribution in [3.05, 3.63) is 30.1 Å². The topological polar surface area (TPSA) is 38.9 Å². The molecule has 88 valence electrons. The summed E-state index contributed by atoms with van der Waals surface area (Å²) in [6.07, 6.45) is 10.4. The molecule has 2 nitrogen and oxygen atoms in total. The highest BCUT2D eigenvalue weighted by Crippen LogP contribution is 2.36. The van der Waals surface area contributed by atoms with E-state index in [0.717, 1.165) is 5.92 Å². The summed E-state index contributed by atoms with van der Waals surface area (Å²) >= 11 is 0. The summed E-state index contributed by atoms with van der Waals surface area (Å²) < 4.78 is 0. The molecule has 2 heteroatoms. The molecule has 2 rings (SSSR count). The number of nitrogens with zero attached hydrogens (tertiary/aromatic N) is 1. The maximum Gasteiger partial charge on any atom is 0.0338 e. The molecule has 1 fully saturated rings. The molecule has 3 unspecified atom stereocenters. The van der Waals surface area contributed by atoms with Gasteiger partial charge in [-0.1, -0.05) is 32.3 Å². The van der Waals surface area contributed by atoms with Crippen molar-refractivity contribution in [2.75, 3.05) is 0 Å². The van der Waals surface area contributed by atoms with E-state index in [2.05, 4.69) is 18.0 Å². The molecule has 1 aliphatic carbocycles. The second kappa shape index (κ2) is 5.44. The molecule has 0 radical (unpaired) electrons. The highest BCUT2D eigenvalue weighted by molar-refractivity contribution is 5.14. The second-order valence-electron chi connectivity index (χ2n) is 5.01. The average molecular weight is 218 g/mol. The first-order valence-electron chi connectivity index (χ1n) is 6.46. The fourth-order valence-electron chi connectivity index (χ4n) is 2.87. The van der Waals surface area contributed by atoms with Gasteiger partial charge in [0.2, 0.25) is 0 Å². The molecular formula is C14H22N2. The van der Waals surface area contributed by atoms with Gasteiger partial charge in [0.1, 0.15) is 0 Å². The van der Waals surface area contributed by atoms with Gasteiger partial charge < -0.3 is 5.73 Å². The summed E-state index contributed by atoms with van der Waals surface area (Å²) in [5, 5.41) is 0. The van der Waals surface area contributed by atoms with E-state index in [1.165, 1.54) is 37.7 Å². The first-order chi connectivity index (χ1) is 7.81. The smallest absolute Gasteiger partial charge is 0.0338 e. The monoisotopic (exact) mass is 218 g/mol. The predicted octanol–water partition coefficient (Wildman–Crippen LogP) is 3.30. The van der Waals surface area contributed by atoms with E-state index in [1.54, 1.807) is 0 Å². The van der Waals surface area contributed by atoms with Crippen molar-refractivity contribution >= 4 is 0 Å². The van der Waals surface area contributed by atoms with Crippen molar-refractivity contribution in [3.63, 3.8) is 0 Å². The van der Waals surface area contributed by atoms with Crippen LogP contribution in [0.1, 0.15) is 50.6 Å². The van der Waals surface area contributed by atoms with Crippen LogP contribution in [0.15, 0.2) is 24.5 Å². The van der Waals surface area contributed by atoms with Gasteiger partial charge in [-0.25, -0.2) is 0 Å². The number of hydrogen-bond donors (Lipinski definition) is 1. The summed E-state index contributed by atoms with van der Waals surface area (Å²) in [6.45, 7) is 2.29. The molecule has 0 bridgehead atoms. The zero-order valence-corrected chi connectivity index (χ0v) is 10.1. The van der Waals surface area contributed by atoms with Gasteiger partial charge in [0.25, 0.3) is 0 Å². The number of nitrogens with two attached hydrogens (primary N) is 1. The van der Waals surface area contributed by atoms with Gasteiger partial charge in [-0.3, -0.25) is 4.98 Å². The van der Waals surface area contributed by atoms with Crippen LogP contribution in [0.4, 0.5) is 0 Å². The molecule has 0 aromatic carbocycles. The van der Waals surface area contributed by atoms with Crippen molar-refractivity contribution in [1.29, 1.82) is 0 Å². The second-order valence-corrected chi connectivity index (χ2v) is 5.01. The van der Waals surface area contributed by atoms with Crippen LogP contribution in [0.2, 0.25) is 0 Å². The van der Waals surface area contributed by atoms with Crippen LogP contribution in [-0.2, 0) is 0 Å². The average Bonchev–Trinajstić information content (AvgIpc) is 2.39. The summed E-state index contributed by atoms with van der Waals surface area (Å²) in [5.74, 6) is 1.55. The lowest BCUT2D eigenvalue weighted by atomic mass is 9.76. The maximum atomic E-state index is 6.35. The number of hydrogen-bond acceptors (Lipinski definition) is 2. The Balaban J connectivity index is 2.01. The molecule has 16 heavy (non-hydrogen) atoms. The number of pyridine rings is 1. The maximum absolute atomic E-state index is 6.35. The number of aromatic nitrogens is 1. The minimum Gasteiger partial charge on any atom is -0.324 e. The van der Waals surface area contributed by atoms with Crippen LogP contribution in [0.5, 0.6) is 0 Å². The predicted molar refractivity (Wildman–Crippen MR) is 66.9 cm³/mol. The van der Waals surface area contributed by atoms with Crippen LogP contribution in [0.3, 0.4) is 0 Å². The quantitative estimate of drug-likeness (QED) is 0.845. The molecule has 0 saturated heterocycles. The Morgan fingerprint density at radius 1 is 1.50 bits per heavy atom. The molecule has 3 atom stereocenters. The Kier molecular flexibility index (Phi) is 3.94. The van der Waals surface area contributed by atoms with Crippen molar-refractivity contribution in [1.82, 2.24) is 4.98 Å². The standard InChI is InChI=1S/C14H22N2/c1-2-11-5-3-6-12(9-11)14(15)13-7-4-8-16-10-13/h4,7-8,10-12,14H,2-3,5-6,9,15H2,1H3. The zero-order valence-electron chi connectivity index (χ0n) is 10.1. The van der Waals surface area contributed by atoms with Gasteiger partial charge in [0.15, 0.2) is 0 Å². The molecule has 1 saturated carbocycles. The summed E-state index contributed by atoms with van der Waals surface area (Å²) in [5.41, 5.74) is 7.55. The molecule has 1 aromatic rings. The van der Waals surface area contributed by atoms with Crippen molar-refractivity contribution in [2.45, 2.75) is 45.1 Å². The molecule has 0 aliphatic heterocycles. The zero-order chi connectivity index (χ0) is 11.4.